The number of nitrogens with zero attached hydrogens (tertiary/aromatic N) is 1. The molecular weight excluding hydrogens is 483 g/mol. The van der Waals surface area contributed by atoms with E-state index in [2.05, 4.69) is 27.0 Å². The molecule has 0 fully saturated rings. The van der Waals surface area contributed by atoms with Gasteiger partial charge < -0.3 is 25.1 Å². The van der Waals surface area contributed by atoms with Crippen molar-refractivity contribution in [3.8, 4) is 5.75 Å². The zero-order chi connectivity index (χ0) is 20.4. The summed E-state index contributed by atoms with van der Waals surface area (Å²) in [5.41, 5.74) is 3.02. The largest absolute Gasteiger partial charge is 0.496 e. The predicted octanol–water partition coefficient (Wildman–Crippen LogP) is 3.40. The number of aliphatic imine (C=N–C) groups is 1. The molecular formula is C21H31IN4O3. The minimum atomic E-state index is -0.186. The molecule has 0 aliphatic heterocycles. The fraction of sp³-hybridized carbons (Fsp3) is 0.429. The van der Waals surface area contributed by atoms with Gasteiger partial charge in [0.1, 0.15) is 5.75 Å². The quantitative estimate of drug-likeness (QED) is 0.207. The van der Waals surface area contributed by atoms with Crippen LogP contribution in [0.15, 0.2) is 39.9 Å². The Morgan fingerprint density at radius 2 is 1.90 bits per heavy atom. The van der Waals surface area contributed by atoms with Crippen molar-refractivity contribution >= 4 is 35.8 Å². The molecule has 0 bridgehead atoms. The molecule has 1 amide bonds. The Kier molecular flexibility index (Phi) is 11.2. The standard InChI is InChI=1S/C21H30N4O3.HI/c1-5-22-21(25-14-17-8-7-15(2)13-18(17)27-4)24-11-6-10-23-20(26)19-16(3)9-12-28-19;/h7-9,12-13H,5-6,10-11,14H2,1-4H3,(H,23,26)(H2,22,24,25);1H. The lowest BCUT2D eigenvalue weighted by molar-refractivity contribution is 0.0925. The highest BCUT2D eigenvalue weighted by molar-refractivity contribution is 14.0. The summed E-state index contributed by atoms with van der Waals surface area (Å²) in [7, 11) is 1.67. The van der Waals surface area contributed by atoms with Crippen LogP contribution in [0.5, 0.6) is 5.75 Å². The van der Waals surface area contributed by atoms with Crippen LogP contribution < -0.4 is 20.7 Å². The Morgan fingerprint density at radius 3 is 2.55 bits per heavy atom. The predicted molar refractivity (Wildman–Crippen MR) is 126 cm³/mol. The number of carbonyl (C=O) groups is 1. The molecule has 160 valence electrons. The van der Waals surface area contributed by atoms with Crippen LogP contribution in [-0.2, 0) is 6.54 Å². The summed E-state index contributed by atoms with van der Waals surface area (Å²) >= 11 is 0. The van der Waals surface area contributed by atoms with Gasteiger partial charge in [0.15, 0.2) is 11.7 Å². The maximum atomic E-state index is 12.0. The van der Waals surface area contributed by atoms with Crippen molar-refractivity contribution in [1.82, 2.24) is 16.0 Å². The fourth-order valence-electron chi connectivity index (χ4n) is 2.67. The first-order chi connectivity index (χ1) is 13.5. The normalized spacial score (nSPS) is 10.8. The van der Waals surface area contributed by atoms with Gasteiger partial charge in [0.05, 0.1) is 19.9 Å². The van der Waals surface area contributed by atoms with E-state index >= 15 is 0 Å². The number of hydrogen-bond acceptors (Lipinski definition) is 4. The fourth-order valence-corrected chi connectivity index (χ4v) is 2.67. The number of ether oxygens (including phenoxy) is 1. The third kappa shape index (κ3) is 7.96. The summed E-state index contributed by atoms with van der Waals surface area (Å²) in [6, 6.07) is 7.87. The number of benzene rings is 1. The van der Waals surface area contributed by atoms with Crippen molar-refractivity contribution in [1.29, 1.82) is 0 Å². The Balaban J connectivity index is 0.00000420. The molecule has 0 radical (unpaired) electrons. The first kappa shape index (κ1) is 24.8. The molecule has 29 heavy (non-hydrogen) atoms. The van der Waals surface area contributed by atoms with Crippen molar-refractivity contribution in [2.75, 3.05) is 26.7 Å². The van der Waals surface area contributed by atoms with E-state index in [0.717, 1.165) is 41.4 Å². The smallest absolute Gasteiger partial charge is 0.287 e. The van der Waals surface area contributed by atoms with Crippen molar-refractivity contribution in [3.05, 3.63) is 53.0 Å². The molecule has 0 unspecified atom stereocenters. The number of methoxy groups -OCH3 is 1. The minimum absolute atomic E-state index is 0. The lowest BCUT2D eigenvalue weighted by Crippen LogP contribution is -2.38. The van der Waals surface area contributed by atoms with E-state index in [-0.39, 0.29) is 29.9 Å². The number of furan rings is 1. The van der Waals surface area contributed by atoms with Gasteiger partial charge in [-0.3, -0.25) is 4.79 Å². The average molecular weight is 514 g/mol. The lowest BCUT2D eigenvalue weighted by atomic mass is 10.1. The number of halogens is 1. The monoisotopic (exact) mass is 514 g/mol. The van der Waals surface area contributed by atoms with Gasteiger partial charge in [-0.05, 0) is 44.9 Å². The van der Waals surface area contributed by atoms with Crippen molar-refractivity contribution in [3.63, 3.8) is 0 Å². The summed E-state index contributed by atoms with van der Waals surface area (Å²) in [6.45, 7) is 8.44. The summed E-state index contributed by atoms with van der Waals surface area (Å²) in [5, 5.41) is 9.37. The summed E-state index contributed by atoms with van der Waals surface area (Å²) in [5.74, 6) is 1.76. The number of nitrogens with one attached hydrogen (secondary N) is 3. The number of amides is 1. The molecule has 0 saturated carbocycles. The second-order valence-corrected chi connectivity index (χ2v) is 6.48. The van der Waals surface area contributed by atoms with Gasteiger partial charge >= 0.3 is 0 Å². The zero-order valence-electron chi connectivity index (χ0n) is 17.5. The van der Waals surface area contributed by atoms with Crippen molar-refractivity contribution in [2.24, 2.45) is 4.99 Å². The topological polar surface area (TPSA) is 87.9 Å². The van der Waals surface area contributed by atoms with Crippen LogP contribution in [0.1, 0.15) is 40.6 Å². The summed E-state index contributed by atoms with van der Waals surface area (Å²) < 4.78 is 10.6. The Labute approximate surface area is 189 Å². The van der Waals surface area contributed by atoms with E-state index in [1.165, 1.54) is 6.26 Å². The van der Waals surface area contributed by atoms with Crippen LogP contribution in [0.2, 0.25) is 0 Å². The third-order valence-corrected chi connectivity index (χ3v) is 4.19. The van der Waals surface area contributed by atoms with Crippen LogP contribution >= 0.6 is 24.0 Å². The Hall–Kier alpha value is -2.23. The van der Waals surface area contributed by atoms with Crippen LogP contribution in [0.25, 0.3) is 0 Å². The van der Waals surface area contributed by atoms with E-state index in [1.54, 1.807) is 13.2 Å². The molecule has 3 N–H and O–H groups in total. The van der Waals surface area contributed by atoms with Gasteiger partial charge in [0, 0.05) is 30.8 Å². The molecule has 0 spiro atoms. The number of guanidine groups is 1. The van der Waals surface area contributed by atoms with E-state index in [0.29, 0.717) is 25.4 Å². The molecule has 1 aromatic carbocycles. The van der Waals surface area contributed by atoms with Gasteiger partial charge in [0.2, 0.25) is 0 Å². The SMILES string of the molecule is CCNC(=NCc1ccc(C)cc1OC)NCCCNC(=O)c1occc1C.I. The second-order valence-electron chi connectivity index (χ2n) is 6.48. The molecule has 0 aliphatic carbocycles. The van der Waals surface area contributed by atoms with Crippen molar-refractivity contribution < 1.29 is 13.9 Å². The van der Waals surface area contributed by atoms with E-state index < -0.39 is 0 Å². The van der Waals surface area contributed by atoms with Crippen LogP contribution in [0, 0.1) is 13.8 Å². The van der Waals surface area contributed by atoms with Crippen LogP contribution in [0.3, 0.4) is 0 Å². The number of hydrogen-bond donors (Lipinski definition) is 3. The van der Waals surface area contributed by atoms with Crippen molar-refractivity contribution in [2.45, 2.75) is 33.7 Å². The Morgan fingerprint density at radius 1 is 1.14 bits per heavy atom. The maximum absolute atomic E-state index is 12.0. The highest BCUT2D eigenvalue weighted by atomic mass is 127. The Bertz CT molecular complexity index is 805. The molecule has 0 atom stereocenters. The first-order valence-corrected chi connectivity index (χ1v) is 9.53. The molecule has 0 saturated heterocycles. The second kappa shape index (κ2) is 13.1. The number of rotatable bonds is 9. The molecule has 2 aromatic rings. The molecule has 1 heterocycles. The summed E-state index contributed by atoms with van der Waals surface area (Å²) in [4.78, 5) is 16.6. The highest BCUT2D eigenvalue weighted by Gasteiger charge is 2.11. The molecule has 1 aromatic heterocycles. The maximum Gasteiger partial charge on any atom is 0.287 e. The number of carbonyl (C=O) groups excluding carboxylic acids is 1. The van der Waals surface area contributed by atoms with Gasteiger partial charge in [-0.1, -0.05) is 12.1 Å². The number of aryl methyl sites for hydroxylation is 2. The molecule has 0 aliphatic rings. The first-order valence-electron chi connectivity index (χ1n) is 9.53. The van der Waals surface area contributed by atoms with Gasteiger partial charge in [-0.25, -0.2) is 4.99 Å². The van der Waals surface area contributed by atoms with Gasteiger partial charge in [-0.15, -0.1) is 24.0 Å². The molecule has 7 nitrogen and oxygen atoms in total. The minimum Gasteiger partial charge on any atom is -0.496 e. The third-order valence-electron chi connectivity index (χ3n) is 4.19. The van der Waals surface area contributed by atoms with E-state index in [9.17, 15) is 4.79 Å². The van der Waals surface area contributed by atoms with Gasteiger partial charge in [0.25, 0.3) is 5.91 Å². The van der Waals surface area contributed by atoms with E-state index in [4.69, 9.17) is 9.15 Å². The zero-order valence-corrected chi connectivity index (χ0v) is 19.8. The molecule has 8 heteroatoms. The summed E-state index contributed by atoms with van der Waals surface area (Å²) in [6.07, 6.45) is 2.29. The highest BCUT2D eigenvalue weighted by Crippen LogP contribution is 2.20. The van der Waals surface area contributed by atoms with Crippen LogP contribution in [-0.4, -0.2) is 38.6 Å². The molecule has 2 rings (SSSR count). The lowest BCUT2D eigenvalue weighted by Gasteiger charge is -2.12. The average Bonchev–Trinajstić information content (AvgIpc) is 3.12. The van der Waals surface area contributed by atoms with Crippen LogP contribution in [0.4, 0.5) is 0 Å². The van der Waals surface area contributed by atoms with Gasteiger partial charge in [-0.2, -0.15) is 0 Å². The van der Waals surface area contributed by atoms with E-state index in [1.807, 2.05) is 32.9 Å².